The zero-order chi connectivity index (χ0) is 28.1. The fourth-order valence-corrected chi connectivity index (χ4v) is 5.02. The third-order valence-electron chi connectivity index (χ3n) is 6.27. The first-order valence-corrected chi connectivity index (χ1v) is 15.1. The van der Waals surface area contributed by atoms with Gasteiger partial charge in [-0.15, -0.1) is 0 Å². The molecule has 0 atom stereocenters. The minimum atomic E-state index is -3.01. The number of hydrogen-bond donors (Lipinski definition) is 2. The summed E-state index contributed by atoms with van der Waals surface area (Å²) >= 11 is 6.50. The van der Waals surface area contributed by atoms with Crippen molar-refractivity contribution in [3.05, 3.63) is 113 Å². The van der Waals surface area contributed by atoms with Crippen LogP contribution in [0.1, 0.15) is 11.3 Å². The van der Waals surface area contributed by atoms with E-state index in [0.717, 1.165) is 44.8 Å². The maximum absolute atomic E-state index is 13.4. The van der Waals surface area contributed by atoms with Crippen LogP contribution in [0.5, 0.6) is 5.75 Å². The Balaban J connectivity index is 1.29. The molecule has 1 aromatic heterocycles. The second-order valence-corrected chi connectivity index (χ2v) is 12.2. The molecule has 0 saturated heterocycles. The molecule has 0 radical (unpaired) electrons. The van der Waals surface area contributed by atoms with Crippen LogP contribution in [-0.2, 0) is 23.0 Å². The molecule has 0 aliphatic rings. The largest absolute Gasteiger partial charge is 0.487 e. The molecule has 206 valence electrons. The summed E-state index contributed by atoms with van der Waals surface area (Å²) in [4.78, 5) is 0. The van der Waals surface area contributed by atoms with E-state index in [9.17, 15) is 12.8 Å². The van der Waals surface area contributed by atoms with Crippen LogP contribution in [-0.4, -0.2) is 27.0 Å². The van der Waals surface area contributed by atoms with Crippen molar-refractivity contribution in [1.29, 1.82) is 0 Å². The lowest BCUT2D eigenvalue weighted by Gasteiger charge is -2.13. The summed E-state index contributed by atoms with van der Waals surface area (Å²) in [6, 6.07) is 27.6. The quantitative estimate of drug-likeness (QED) is 0.160. The standard InChI is InChI=1S/C31H28ClFN2O4S/c1-40(36,37)15-14-34-19-26-11-13-30(39-26)23-9-8-22-5-3-7-29(27(22)17-23)35-25-10-12-31(28(32)18-25)38-20-21-4-2-6-24(33)16-21/h2-13,16-18,34-35H,14-15,19-20H2,1H3. The van der Waals surface area contributed by atoms with Crippen molar-refractivity contribution < 1.29 is 22.0 Å². The third-order valence-corrected chi connectivity index (χ3v) is 7.51. The van der Waals surface area contributed by atoms with E-state index >= 15 is 0 Å². The molecule has 0 aliphatic carbocycles. The molecule has 0 unspecified atom stereocenters. The minimum Gasteiger partial charge on any atom is -0.487 e. The summed E-state index contributed by atoms with van der Waals surface area (Å²) < 4.78 is 47.9. The first kappa shape index (κ1) is 27.7. The van der Waals surface area contributed by atoms with Crippen LogP contribution in [0.3, 0.4) is 0 Å². The molecule has 0 aliphatic heterocycles. The Hall–Kier alpha value is -3.85. The van der Waals surface area contributed by atoms with Gasteiger partial charge in [-0.05, 0) is 65.5 Å². The van der Waals surface area contributed by atoms with E-state index in [1.54, 1.807) is 24.3 Å². The maximum Gasteiger partial charge on any atom is 0.148 e. The minimum absolute atomic E-state index is 0.0803. The molecule has 6 nitrogen and oxygen atoms in total. The molecule has 5 aromatic rings. The lowest BCUT2D eigenvalue weighted by Crippen LogP contribution is -2.21. The molecule has 0 spiro atoms. The summed E-state index contributed by atoms with van der Waals surface area (Å²) in [5.41, 5.74) is 3.33. The fourth-order valence-electron chi connectivity index (χ4n) is 4.27. The number of halogens is 2. The van der Waals surface area contributed by atoms with Gasteiger partial charge in [0.2, 0.25) is 0 Å². The number of anilines is 2. The van der Waals surface area contributed by atoms with Gasteiger partial charge in [-0.3, -0.25) is 0 Å². The maximum atomic E-state index is 13.4. The molecule has 1 heterocycles. The first-order valence-electron chi connectivity index (χ1n) is 12.7. The highest BCUT2D eigenvalue weighted by atomic mass is 35.5. The first-order chi connectivity index (χ1) is 19.2. The Morgan fingerprint density at radius 2 is 1.80 bits per heavy atom. The van der Waals surface area contributed by atoms with E-state index in [2.05, 4.69) is 16.7 Å². The van der Waals surface area contributed by atoms with Gasteiger partial charge in [0.25, 0.3) is 0 Å². The van der Waals surface area contributed by atoms with Gasteiger partial charge in [0, 0.05) is 35.1 Å². The Morgan fingerprint density at radius 1 is 0.950 bits per heavy atom. The number of nitrogens with one attached hydrogen (secondary N) is 2. The number of ether oxygens (including phenoxy) is 1. The number of furan rings is 1. The van der Waals surface area contributed by atoms with E-state index in [0.29, 0.717) is 23.9 Å². The van der Waals surface area contributed by atoms with Crippen LogP contribution in [0.4, 0.5) is 15.8 Å². The lowest BCUT2D eigenvalue weighted by molar-refractivity contribution is 0.306. The second-order valence-electron chi connectivity index (χ2n) is 9.50. The molecule has 0 amide bonds. The Bertz CT molecular complexity index is 1750. The number of benzene rings is 4. The van der Waals surface area contributed by atoms with Gasteiger partial charge in [-0.2, -0.15) is 0 Å². The number of rotatable bonds is 11. The van der Waals surface area contributed by atoms with Gasteiger partial charge in [0.05, 0.1) is 17.3 Å². The van der Waals surface area contributed by atoms with Crippen molar-refractivity contribution in [2.75, 3.05) is 23.9 Å². The highest BCUT2D eigenvalue weighted by molar-refractivity contribution is 7.90. The van der Waals surface area contributed by atoms with Gasteiger partial charge >= 0.3 is 0 Å². The van der Waals surface area contributed by atoms with Crippen molar-refractivity contribution in [1.82, 2.24) is 5.32 Å². The molecule has 9 heteroatoms. The summed E-state index contributed by atoms with van der Waals surface area (Å²) in [6.07, 6.45) is 1.22. The van der Waals surface area contributed by atoms with Crippen LogP contribution in [0, 0.1) is 5.82 Å². The predicted octanol–water partition coefficient (Wildman–Crippen LogP) is 7.35. The predicted molar refractivity (Wildman–Crippen MR) is 159 cm³/mol. The van der Waals surface area contributed by atoms with Gasteiger partial charge in [-0.1, -0.05) is 48.0 Å². The Morgan fingerprint density at radius 3 is 2.60 bits per heavy atom. The zero-order valence-electron chi connectivity index (χ0n) is 21.8. The van der Waals surface area contributed by atoms with Crippen LogP contribution >= 0.6 is 11.6 Å². The van der Waals surface area contributed by atoms with E-state index in [-0.39, 0.29) is 18.2 Å². The van der Waals surface area contributed by atoms with Crippen LogP contribution in [0.25, 0.3) is 22.1 Å². The van der Waals surface area contributed by atoms with Crippen molar-refractivity contribution in [3.63, 3.8) is 0 Å². The number of hydrogen-bond acceptors (Lipinski definition) is 6. The van der Waals surface area contributed by atoms with Gasteiger partial charge < -0.3 is 19.8 Å². The summed E-state index contributed by atoms with van der Waals surface area (Å²) in [5.74, 6) is 1.73. The molecule has 0 bridgehead atoms. The van der Waals surface area contributed by atoms with E-state index in [1.165, 1.54) is 18.4 Å². The van der Waals surface area contributed by atoms with E-state index in [4.69, 9.17) is 20.8 Å². The topological polar surface area (TPSA) is 80.6 Å². The normalized spacial score (nSPS) is 11.6. The van der Waals surface area contributed by atoms with Crippen LogP contribution < -0.4 is 15.4 Å². The molecule has 4 aromatic carbocycles. The summed E-state index contributed by atoms with van der Waals surface area (Å²) in [6.45, 7) is 1.02. The molecule has 40 heavy (non-hydrogen) atoms. The summed E-state index contributed by atoms with van der Waals surface area (Å²) in [7, 11) is -3.01. The fraction of sp³-hybridized carbons (Fsp3) is 0.161. The monoisotopic (exact) mass is 578 g/mol. The van der Waals surface area contributed by atoms with Crippen molar-refractivity contribution in [3.8, 4) is 17.1 Å². The van der Waals surface area contributed by atoms with Crippen LogP contribution in [0.15, 0.2) is 95.4 Å². The van der Waals surface area contributed by atoms with Gasteiger partial charge in [0.1, 0.15) is 39.5 Å². The smallest absolute Gasteiger partial charge is 0.148 e. The molecule has 5 rings (SSSR count). The van der Waals surface area contributed by atoms with Gasteiger partial charge in [0.15, 0.2) is 0 Å². The average Bonchev–Trinajstić information content (AvgIpc) is 3.39. The lowest BCUT2D eigenvalue weighted by atomic mass is 10.0. The SMILES string of the molecule is CS(=O)(=O)CCNCc1ccc(-c2ccc3cccc(Nc4ccc(OCc5cccc(F)c5)c(Cl)c4)c3c2)o1. The van der Waals surface area contributed by atoms with Crippen LogP contribution in [0.2, 0.25) is 5.02 Å². The molecule has 0 saturated carbocycles. The molecular formula is C31H28ClFN2O4S. The Labute approximate surface area is 237 Å². The van der Waals surface area contributed by atoms with Crippen molar-refractivity contribution in [2.45, 2.75) is 13.2 Å². The molecule has 2 N–H and O–H groups in total. The molecular weight excluding hydrogens is 551 g/mol. The van der Waals surface area contributed by atoms with Crippen molar-refractivity contribution in [2.24, 2.45) is 0 Å². The van der Waals surface area contributed by atoms with Crippen molar-refractivity contribution >= 4 is 43.6 Å². The van der Waals surface area contributed by atoms with E-state index in [1.807, 2.05) is 48.5 Å². The van der Waals surface area contributed by atoms with Gasteiger partial charge in [-0.25, -0.2) is 12.8 Å². The average molecular weight is 579 g/mol. The highest BCUT2D eigenvalue weighted by Gasteiger charge is 2.10. The second kappa shape index (κ2) is 12.1. The number of fused-ring (bicyclic) bond motifs is 1. The third kappa shape index (κ3) is 7.21. The Kier molecular flexibility index (Phi) is 8.40. The summed E-state index contributed by atoms with van der Waals surface area (Å²) in [5, 5.41) is 9.05. The highest BCUT2D eigenvalue weighted by Crippen LogP contribution is 2.34. The van der Waals surface area contributed by atoms with E-state index < -0.39 is 9.84 Å². The number of sulfone groups is 1. The molecule has 0 fully saturated rings. The zero-order valence-corrected chi connectivity index (χ0v) is 23.4.